The number of aryl methyl sites for hydroxylation is 1. The number of piperidine rings is 1. The Morgan fingerprint density at radius 1 is 1.32 bits per heavy atom. The van der Waals surface area contributed by atoms with Crippen LogP contribution in [0.25, 0.3) is 0 Å². The Labute approximate surface area is 147 Å². The molecule has 0 bridgehead atoms. The maximum absolute atomic E-state index is 12.1. The van der Waals surface area contributed by atoms with E-state index in [0.29, 0.717) is 31.3 Å². The van der Waals surface area contributed by atoms with Crippen molar-refractivity contribution in [2.75, 3.05) is 25.0 Å². The predicted octanol–water partition coefficient (Wildman–Crippen LogP) is 2.08. The van der Waals surface area contributed by atoms with Crippen LogP contribution in [0.4, 0.5) is 5.95 Å². The lowest BCUT2D eigenvalue weighted by atomic mass is 9.98. The standard InChI is InChI=1S/C18H25N5O2/c1-23-18(21-17(22-23)14-9-11-19-12-10-14)20-16(24)8-5-13-25-15-6-3-2-4-7-15/h2-4,6-7,14,19H,5,8-13H2,1H3,(H,20,21,22,24). The lowest BCUT2D eigenvalue weighted by Crippen LogP contribution is -2.27. The van der Waals surface area contributed by atoms with E-state index in [-0.39, 0.29) is 5.91 Å². The van der Waals surface area contributed by atoms with E-state index < -0.39 is 0 Å². The molecular weight excluding hydrogens is 318 g/mol. The third-order valence-corrected chi connectivity index (χ3v) is 4.30. The summed E-state index contributed by atoms with van der Waals surface area (Å²) in [5.41, 5.74) is 0. The molecule has 7 heteroatoms. The van der Waals surface area contributed by atoms with E-state index in [2.05, 4.69) is 20.7 Å². The van der Waals surface area contributed by atoms with Gasteiger partial charge in [-0.25, -0.2) is 4.68 Å². The molecule has 134 valence electrons. The lowest BCUT2D eigenvalue weighted by Gasteiger charge is -2.19. The molecular formula is C18H25N5O2. The van der Waals surface area contributed by atoms with Crippen molar-refractivity contribution in [2.24, 2.45) is 7.05 Å². The fourth-order valence-electron chi connectivity index (χ4n) is 2.89. The van der Waals surface area contributed by atoms with Gasteiger partial charge in [0.1, 0.15) is 5.75 Å². The smallest absolute Gasteiger partial charge is 0.227 e. The molecule has 2 heterocycles. The van der Waals surface area contributed by atoms with Crippen LogP contribution in [0.5, 0.6) is 5.75 Å². The van der Waals surface area contributed by atoms with E-state index in [0.717, 1.165) is 37.5 Å². The number of para-hydroxylation sites is 1. The van der Waals surface area contributed by atoms with Crippen LogP contribution in [-0.4, -0.2) is 40.4 Å². The molecule has 1 saturated heterocycles. The van der Waals surface area contributed by atoms with Gasteiger partial charge in [0, 0.05) is 19.4 Å². The lowest BCUT2D eigenvalue weighted by molar-refractivity contribution is -0.116. The Morgan fingerprint density at radius 2 is 2.08 bits per heavy atom. The highest BCUT2D eigenvalue weighted by Crippen LogP contribution is 2.23. The molecule has 1 aromatic carbocycles. The normalized spacial score (nSPS) is 15.1. The number of anilines is 1. The summed E-state index contributed by atoms with van der Waals surface area (Å²) in [6.45, 7) is 2.49. The van der Waals surface area contributed by atoms with E-state index in [4.69, 9.17) is 4.74 Å². The van der Waals surface area contributed by atoms with Crippen LogP contribution in [0, 0.1) is 0 Å². The number of carbonyl (C=O) groups excluding carboxylic acids is 1. The fraction of sp³-hybridized carbons (Fsp3) is 0.500. The van der Waals surface area contributed by atoms with Gasteiger partial charge < -0.3 is 10.1 Å². The first-order valence-corrected chi connectivity index (χ1v) is 8.82. The van der Waals surface area contributed by atoms with Crippen LogP contribution < -0.4 is 15.4 Å². The maximum Gasteiger partial charge on any atom is 0.227 e. The summed E-state index contributed by atoms with van der Waals surface area (Å²) < 4.78 is 7.24. The number of hydrogen-bond acceptors (Lipinski definition) is 5. The van der Waals surface area contributed by atoms with Crippen molar-refractivity contribution in [1.82, 2.24) is 20.1 Å². The Hall–Kier alpha value is -2.41. The van der Waals surface area contributed by atoms with Gasteiger partial charge in [0.05, 0.1) is 6.61 Å². The summed E-state index contributed by atoms with van der Waals surface area (Å²) in [5.74, 6) is 2.47. The van der Waals surface area contributed by atoms with Crippen molar-refractivity contribution >= 4 is 11.9 Å². The van der Waals surface area contributed by atoms with Gasteiger partial charge in [-0.2, -0.15) is 10.1 Å². The Kier molecular flexibility index (Phi) is 6.00. The Morgan fingerprint density at radius 3 is 2.84 bits per heavy atom. The third kappa shape index (κ3) is 5.03. The summed E-state index contributed by atoms with van der Waals surface area (Å²) in [6, 6.07) is 9.61. The average molecular weight is 343 g/mol. The van der Waals surface area contributed by atoms with E-state index >= 15 is 0 Å². The van der Waals surface area contributed by atoms with Crippen LogP contribution in [0.1, 0.15) is 37.4 Å². The topological polar surface area (TPSA) is 81.1 Å². The number of aromatic nitrogens is 3. The number of ether oxygens (including phenoxy) is 1. The van der Waals surface area contributed by atoms with Gasteiger partial charge in [0.25, 0.3) is 0 Å². The van der Waals surface area contributed by atoms with Gasteiger partial charge >= 0.3 is 0 Å². The molecule has 0 saturated carbocycles. The second-order valence-corrected chi connectivity index (χ2v) is 6.25. The molecule has 3 rings (SSSR count). The first kappa shape index (κ1) is 17.4. The molecule has 0 radical (unpaired) electrons. The predicted molar refractivity (Wildman–Crippen MR) is 95.6 cm³/mol. The second-order valence-electron chi connectivity index (χ2n) is 6.25. The molecule has 7 nitrogen and oxygen atoms in total. The second kappa shape index (κ2) is 8.62. The maximum atomic E-state index is 12.1. The molecule has 0 spiro atoms. The van der Waals surface area contributed by atoms with Gasteiger partial charge in [-0.1, -0.05) is 18.2 Å². The number of amides is 1. The minimum atomic E-state index is -0.0657. The monoisotopic (exact) mass is 343 g/mol. The Balaban J connectivity index is 1.43. The zero-order valence-corrected chi connectivity index (χ0v) is 14.6. The van der Waals surface area contributed by atoms with Crippen LogP contribution in [0.2, 0.25) is 0 Å². The molecule has 1 aromatic heterocycles. The van der Waals surface area contributed by atoms with Crippen molar-refractivity contribution < 1.29 is 9.53 Å². The molecule has 1 amide bonds. The number of hydrogen-bond donors (Lipinski definition) is 2. The number of benzene rings is 1. The molecule has 2 aromatic rings. The van der Waals surface area contributed by atoms with Crippen LogP contribution in [-0.2, 0) is 11.8 Å². The summed E-state index contributed by atoms with van der Waals surface area (Å²) in [4.78, 5) is 16.6. The quantitative estimate of drug-likeness (QED) is 0.752. The largest absolute Gasteiger partial charge is 0.494 e. The molecule has 1 fully saturated rings. The Bertz CT molecular complexity index is 680. The fourth-order valence-corrected chi connectivity index (χ4v) is 2.89. The highest BCUT2D eigenvalue weighted by atomic mass is 16.5. The molecule has 0 aliphatic carbocycles. The average Bonchev–Trinajstić information content (AvgIpc) is 3.01. The highest BCUT2D eigenvalue weighted by molar-refractivity contribution is 5.88. The molecule has 1 aliphatic heterocycles. The summed E-state index contributed by atoms with van der Waals surface area (Å²) in [7, 11) is 1.81. The van der Waals surface area contributed by atoms with Crippen LogP contribution >= 0.6 is 0 Å². The van der Waals surface area contributed by atoms with E-state index in [9.17, 15) is 4.79 Å². The van der Waals surface area contributed by atoms with Gasteiger partial charge in [-0.15, -0.1) is 0 Å². The third-order valence-electron chi connectivity index (χ3n) is 4.30. The van der Waals surface area contributed by atoms with E-state index in [1.54, 1.807) is 4.68 Å². The first-order chi connectivity index (χ1) is 12.2. The molecule has 0 unspecified atom stereocenters. The zero-order valence-electron chi connectivity index (χ0n) is 14.6. The summed E-state index contributed by atoms with van der Waals surface area (Å²) in [5, 5.41) is 10.6. The minimum Gasteiger partial charge on any atom is -0.494 e. The van der Waals surface area contributed by atoms with Crippen molar-refractivity contribution in [1.29, 1.82) is 0 Å². The van der Waals surface area contributed by atoms with Gasteiger partial charge in [0.15, 0.2) is 5.82 Å². The SMILES string of the molecule is Cn1nc(C2CCNCC2)nc1NC(=O)CCCOc1ccccc1. The number of rotatable bonds is 7. The highest BCUT2D eigenvalue weighted by Gasteiger charge is 2.21. The number of carbonyl (C=O) groups is 1. The van der Waals surface area contributed by atoms with Crippen molar-refractivity contribution in [3.05, 3.63) is 36.2 Å². The van der Waals surface area contributed by atoms with Gasteiger partial charge in [0.2, 0.25) is 11.9 Å². The molecule has 1 aliphatic rings. The van der Waals surface area contributed by atoms with Crippen LogP contribution in [0.3, 0.4) is 0 Å². The summed E-state index contributed by atoms with van der Waals surface area (Å²) >= 11 is 0. The molecule has 0 atom stereocenters. The van der Waals surface area contributed by atoms with Crippen molar-refractivity contribution in [3.63, 3.8) is 0 Å². The van der Waals surface area contributed by atoms with E-state index in [1.807, 2.05) is 37.4 Å². The minimum absolute atomic E-state index is 0.0657. The molecule has 2 N–H and O–H groups in total. The van der Waals surface area contributed by atoms with Gasteiger partial charge in [-0.3, -0.25) is 10.1 Å². The zero-order chi connectivity index (χ0) is 17.5. The van der Waals surface area contributed by atoms with Crippen molar-refractivity contribution in [3.8, 4) is 5.75 Å². The van der Waals surface area contributed by atoms with Gasteiger partial charge in [-0.05, 0) is 44.5 Å². The first-order valence-electron chi connectivity index (χ1n) is 8.82. The molecule has 25 heavy (non-hydrogen) atoms. The number of nitrogens with one attached hydrogen (secondary N) is 2. The van der Waals surface area contributed by atoms with E-state index in [1.165, 1.54) is 0 Å². The summed E-state index contributed by atoms with van der Waals surface area (Å²) in [6.07, 6.45) is 3.12. The van der Waals surface area contributed by atoms with Crippen molar-refractivity contribution in [2.45, 2.75) is 31.6 Å². The van der Waals surface area contributed by atoms with Crippen LogP contribution in [0.15, 0.2) is 30.3 Å². The number of nitrogens with zero attached hydrogens (tertiary/aromatic N) is 3.